The molecule has 116 valence electrons. The molecule has 1 fully saturated rings. The number of amides is 1. The van der Waals surface area contributed by atoms with Crippen molar-refractivity contribution in [1.82, 2.24) is 4.90 Å². The van der Waals surface area contributed by atoms with E-state index in [1.807, 2.05) is 45.0 Å². The number of hydrogen-bond acceptors (Lipinski definition) is 3. The Hall–Kier alpha value is -1.26. The highest BCUT2D eigenvalue weighted by Gasteiger charge is 2.33. The Balaban J connectivity index is 2.01. The molecule has 21 heavy (non-hydrogen) atoms. The maximum atomic E-state index is 12.0. The number of rotatable bonds is 1. The molecule has 0 aliphatic carbocycles. The Morgan fingerprint density at radius 1 is 1.43 bits per heavy atom. The number of halogens is 1. The number of nitrogens with zero attached hydrogens (tertiary/aromatic N) is 1. The summed E-state index contributed by atoms with van der Waals surface area (Å²) in [5, 5.41) is 11.0. The van der Waals surface area contributed by atoms with E-state index in [4.69, 9.17) is 16.3 Å². The van der Waals surface area contributed by atoms with Gasteiger partial charge in [0.15, 0.2) is 0 Å². The SMILES string of the molecule is CC(C)(C)OC(=O)N1CC[C@@H](c2cccc(Cl)c2)[C@H](O)C1. The molecule has 1 heterocycles. The molecule has 1 saturated heterocycles. The summed E-state index contributed by atoms with van der Waals surface area (Å²) < 4.78 is 5.34. The first-order chi connectivity index (χ1) is 9.76. The second-order valence-corrected chi connectivity index (χ2v) is 6.88. The molecule has 1 N–H and O–H groups in total. The van der Waals surface area contributed by atoms with E-state index in [-0.39, 0.29) is 18.6 Å². The van der Waals surface area contributed by atoms with Gasteiger partial charge in [-0.15, -0.1) is 0 Å². The molecule has 0 aromatic heterocycles. The van der Waals surface area contributed by atoms with E-state index >= 15 is 0 Å². The average Bonchev–Trinajstić information content (AvgIpc) is 2.36. The minimum Gasteiger partial charge on any atom is -0.444 e. The van der Waals surface area contributed by atoms with Crippen molar-refractivity contribution in [1.29, 1.82) is 0 Å². The second kappa shape index (κ2) is 6.24. The third kappa shape index (κ3) is 4.35. The summed E-state index contributed by atoms with van der Waals surface area (Å²) in [5.41, 5.74) is 0.491. The number of piperidine rings is 1. The molecule has 1 amide bonds. The Morgan fingerprint density at radius 3 is 2.71 bits per heavy atom. The Bertz CT molecular complexity index is 512. The van der Waals surface area contributed by atoms with Crippen LogP contribution in [0.2, 0.25) is 5.02 Å². The lowest BCUT2D eigenvalue weighted by molar-refractivity contribution is -0.00151. The van der Waals surface area contributed by atoms with Crippen molar-refractivity contribution >= 4 is 17.7 Å². The largest absolute Gasteiger partial charge is 0.444 e. The van der Waals surface area contributed by atoms with Gasteiger partial charge >= 0.3 is 6.09 Å². The Kier molecular flexibility index (Phi) is 4.79. The summed E-state index contributed by atoms with van der Waals surface area (Å²) in [4.78, 5) is 13.6. The van der Waals surface area contributed by atoms with Crippen molar-refractivity contribution in [2.45, 2.75) is 44.8 Å². The lowest BCUT2D eigenvalue weighted by atomic mass is 9.87. The maximum absolute atomic E-state index is 12.0. The number of carbonyl (C=O) groups is 1. The van der Waals surface area contributed by atoms with E-state index in [1.165, 1.54) is 0 Å². The standard InChI is InChI=1S/C16H22ClNO3/c1-16(2,3)21-15(20)18-8-7-13(14(19)10-18)11-5-4-6-12(17)9-11/h4-6,9,13-14,19H,7-8,10H2,1-3H3/t13-,14+/m0/s1. The molecule has 0 bridgehead atoms. The zero-order valence-electron chi connectivity index (χ0n) is 12.7. The van der Waals surface area contributed by atoms with E-state index in [0.717, 1.165) is 5.56 Å². The number of likely N-dealkylation sites (tertiary alicyclic amines) is 1. The zero-order chi connectivity index (χ0) is 15.6. The van der Waals surface area contributed by atoms with Crippen LogP contribution in [0.5, 0.6) is 0 Å². The normalized spacial score (nSPS) is 23.0. The van der Waals surface area contributed by atoms with Gasteiger partial charge in [0, 0.05) is 17.5 Å². The molecule has 1 aliphatic rings. The van der Waals surface area contributed by atoms with Gasteiger partial charge in [-0.3, -0.25) is 0 Å². The van der Waals surface area contributed by atoms with Gasteiger partial charge in [0.05, 0.1) is 12.6 Å². The van der Waals surface area contributed by atoms with Crippen LogP contribution in [0.3, 0.4) is 0 Å². The Morgan fingerprint density at radius 2 is 2.14 bits per heavy atom. The van der Waals surface area contributed by atoms with Crippen LogP contribution in [0, 0.1) is 0 Å². The highest BCUT2D eigenvalue weighted by atomic mass is 35.5. The number of carbonyl (C=O) groups excluding carboxylic acids is 1. The zero-order valence-corrected chi connectivity index (χ0v) is 13.4. The quantitative estimate of drug-likeness (QED) is 0.864. The van der Waals surface area contributed by atoms with Crippen LogP contribution in [-0.2, 0) is 4.74 Å². The second-order valence-electron chi connectivity index (χ2n) is 6.44. The molecule has 2 atom stereocenters. The molecule has 1 aliphatic heterocycles. The molecule has 2 rings (SSSR count). The van der Waals surface area contributed by atoms with Crippen LogP contribution < -0.4 is 0 Å². The van der Waals surface area contributed by atoms with Crippen molar-refractivity contribution in [3.63, 3.8) is 0 Å². The third-order valence-corrected chi connectivity index (χ3v) is 3.75. The predicted molar refractivity (Wildman–Crippen MR) is 82.6 cm³/mol. The molecular formula is C16H22ClNO3. The molecule has 0 unspecified atom stereocenters. The summed E-state index contributed by atoms with van der Waals surface area (Å²) >= 11 is 6.00. The molecule has 1 aromatic rings. The number of aliphatic hydroxyl groups is 1. The van der Waals surface area contributed by atoms with E-state index < -0.39 is 11.7 Å². The molecule has 5 heteroatoms. The number of aliphatic hydroxyl groups excluding tert-OH is 1. The van der Waals surface area contributed by atoms with E-state index in [1.54, 1.807) is 4.90 Å². The monoisotopic (exact) mass is 311 g/mol. The van der Waals surface area contributed by atoms with Gasteiger partial charge < -0.3 is 14.7 Å². The average molecular weight is 312 g/mol. The molecular weight excluding hydrogens is 290 g/mol. The molecule has 1 aromatic carbocycles. The molecule has 0 saturated carbocycles. The smallest absolute Gasteiger partial charge is 0.410 e. The molecule has 4 nitrogen and oxygen atoms in total. The summed E-state index contributed by atoms with van der Waals surface area (Å²) in [5.74, 6) is 0.00221. The first-order valence-corrected chi connectivity index (χ1v) is 7.55. The van der Waals surface area contributed by atoms with E-state index in [0.29, 0.717) is 18.0 Å². The van der Waals surface area contributed by atoms with Crippen LogP contribution >= 0.6 is 11.6 Å². The summed E-state index contributed by atoms with van der Waals surface area (Å²) in [6.45, 7) is 6.36. The van der Waals surface area contributed by atoms with Gasteiger partial charge in [0.1, 0.15) is 5.60 Å². The number of ether oxygens (including phenoxy) is 1. The minimum atomic E-state index is -0.607. The maximum Gasteiger partial charge on any atom is 0.410 e. The topological polar surface area (TPSA) is 49.8 Å². The van der Waals surface area contributed by atoms with Gasteiger partial charge in [-0.2, -0.15) is 0 Å². The summed E-state index contributed by atoms with van der Waals surface area (Å²) in [7, 11) is 0. The van der Waals surface area contributed by atoms with Crippen LogP contribution in [0.25, 0.3) is 0 Å². The van der Waals surface area contributed by atoms with Crippen LogP contribution in [0.15, 0.2) is 24.3 Å². The number of benzene rings is 1. The highest BCUT2D eigenvalue weighted by molar-refractivity contribution is 6.30. The van der Waals surface area contributed by atoms with Gasteiger partial charge in [-0.05, 0) is 44.9 Å². The molecule has 0 spiro atoms. The van der Waals surface area contributed by atoms with Gasteiger partial charge in [-0.1, -0.05) is 23.7 Å². The van der Waals surface area contributed by atoms with Gasteiger partial charge in [0.2, 0.25) is 0 Å². The lowest BCUT2D eigenvalue weighted by Crippen LogP contribution is -2.47. The fraction of sp³-hybridized carbons (Fsp3) is 0.562. The van der Waals surface area contributed by atoms with Crippen molar-refractivity contribution in [2.75, 3.05) is 13.1 Å². The van der Waals surface area contributed by atoms with Gasteiger partial charge in [0.25, 0.3) is 0 Å². The van der Waals surface area contributed by atoms with Gasteiger partial charge in [-0.25, -0.2) is 4.79 Å². The number of β-amino-alcohol motifs (C(OH)–C–C–N with tert-alkyl or cyclic N) is 1. The fourth-order valence-electron chi connectivity index (χ4n) is 2.55. The fourth-order valence-corrected chi connectivity index (χ4v) is 2.75. The van der Waals surface area contributed by atoms with Crippen molar-refractivity contribution in [2.24, 2.45) is 0 Å². The van der Waals surface area contributed by atoms with Crippen LogP contribution in [0.4, 0.5) is 4.79 Å². The van der Waals surface area contributed by atoms with Crippen molar-refractivity contribution in [3.8, 4) is 0 Å². The number of hydrogen-bond donors (Lipinski definition) is 1. The van der Waals surface area contributed by atoms with Crippen molar-refractivity contribution < 1.29 is 14.6 Å². The lowest BCUT2D eigenvalue weighted by Gasteiger charge is -2.36. The highest BCUT2D eigenvalue weighted by Crippen LogP contribution is 2.30. The first-order valence-electron chi connectivity index (χ1n) is 7.18. The summed E-state index contributed by atoms with van der Waals surface area (Å²) in [6.07, 6.45) is -0.281. The van der Waals surface area contributed by atoms with Crippen molar-refractivity contribution in [3.05, 3.63) is 34.9 Å². The Labute approximate surface area is 130 Å². The minimum absolute atomic E-state index is 0.00221. The third-order valence-electron chi connectivity index (χ3n) is 3.51. The first kappa shape index (κ1) is 16.1. The predicted octanol–water partition coefficient (Wildman–Crippen LogP) is 3.43. The van der Waals surface area contributed by atoms with E-state index in [9.17, 15) is 9.90 Å². The van der Waals surface area contributed by atoms with E-state index in [2.05, 4.69) is 0 Å². The molecule has 0 radical (unpaired) electrons. The van der Waals surface area contributed by atoms with Crippen LogP contribution in [-0.4, -0.2) is 40.9 Å². The summed E-state index contributed by atoms with van der Waals surface area (Å²) in [6, 6.07) is 7.53. The van der Waals surface area contributed by atoms with Crippen LogP contribution in [0.1, 0.15) is 38.7 Å².